The van der Waals surface area contributed by atoms with Crippen molar-refractivity contribution in [1.82, 2.24) is 10.0 Å². The largest absolute Gasteiger partial charge is 0.468 e. The van der Waals surface area contributed by atoms with Gasteiger partial charge in [0.25, 0.3) is 5.91 Å². The third-order valence-electron chi connectivity index (χ3n) is 6.06. The van der Waals surface area contributed by atoms with Crippen LogP contribution in [0.3, 0.4) is 0 Å². The molecule has 0 atom stereocenters. The Morgan fingerprint density at radius 2 is 1.84 bits per heavy atom. The summed E-state index contributed by atoms with van der Waals surface area (Å²) in [5.41, 5.74) is 2.28. The Balaban J connectivity index is 1.48. The number of furan rings is 1. The van der Waals surface area contributed by atoms with Crippen molar-refractivity contribution in [1.29, 1.82) is 0 Å². The molecule has 1 aliphatic carbocycles. The zero-order valence-corrected chi connectivity index (χ0v) is 18.2. The SMILES string of the molecule is Cc1ccc(S(=O)(=O)NCc2ccco2)cc1C(=O)NCC1(c2ccccc2)CCC1. The molecule has 4 rings (SSSR count). The molecule has 1 aliphatic rings. The summed E-state index contributed by atoms with van der Waals surface area (Å²) in [6.45, 7) is 2.38. The van der Waals surface area contributed by atoms with Crippen LogP contribution in [-0.4, -0.2) is 20.9 Å². The second-order valence-corrected chi connectivity index (χ2v) is 9.83. The molecule has 7 heteroatoms. The summed E-state index contributed by atoms with van der Waals surface area (Å²) < 4.78 is 33.1. The number of hydrogen-bond acceptors (Lipinski definition) is 4. The molecule has 0 radical (unpaired) electrons. The van der Waals surface area contributed by atoms with Crippen molar-refractivity contribution in [2.45, 2.75) is 43.0 Å². The Morgan fingerprint density at radius 1 is 1.06 bits per heavy atom. The van der Waals surface area contributed by atoms with Crippen molar-refractivity contribution in [3.63, 3.8) is 0 Å². The summed E-state index contributed by atoms with van der Waals surface area (Å²) >= 11 is 0. The Labute approximate surface area is 182 Å². The third kappa shape index (κ3) is 4.57. The summed E-state index contributed by atoms with van der Waals surface area (Å²) in [4.78, 5) is 13.0. The van der Waals surface area contributed by atoms with E-state index >= 15 is 0 Å². The van der Waals surface area contributed by atoms with E-state index in [1.165, 1.54) is 24.0 Å². The van der Waals surface area contributed by atoms with Crippen molar-refractivity contribution in [2.24, 2.45) is 0 Å². The maximum absolute atomic E-state index is 13.0. The van der Waals surface area contributed by atoms with Gasteiger partial charge in [-0.25, -0.2) is 13.1 Å². The molecule has 3 aromatic rings. The van der Waals surface area contributed by atoms with Gasteiger partial charge in [-0.1, -0.05) is 42.8 Å². The van der Waals surface area contributed by atoms with Gasteiger partial charge in [-0.05, 0) is 55.2 Å². The minimum Gasteiger partial charge on any atom is -0.468 e. The third-order valence-corrected chi connectivity index (χ3v) is 7.46. The standard InChI is InChI=1S/C24H26N2O4S/c1-18-10-11-21(31(28,29)26-16-20-9-5-14-30-20)15-22(18)23(27)25-17-24(12-6-13-24)19-7-3-2-4-8-19/h2-5,7-11,14-15,26H,6,12-13,16-17H2,1H3,(H,25,27). The Hall–Kier alpha value is -2.90. The fourth-order valence-electron chi connectivity index (χ4n) is 3.98. The number of carbonyl (C=O) groups excluding carboxylic acids is 1. The molecule has 0 unspecified atom stereocenters. The Kier molecular flexibility index (Phi) is 5.98. The topological polar surface area (TPSA) is 88.4 Å². The van der Waals surface area contributed by atoms with Crippen LogP contribution in [0.15, 0.2) is 76.2 Å². The number of nitrogens with one attached hydrogen (secondary N) is 2. The van der Waals surface area contributed by atoms with Crippen LogP contribution in [0.5, 0.6) is 0 Å². The molecule has 1 saturated carbocycles. The molecular weight excluding hydrogens is 412 g/mol. The molecule has 2 aromatic carbocycles. The molecule has 2 N–H and O–H groups in total. The lowest BCUT2D eigenvalue weighted by Gasteiger charge is -2.42. The van der Waals surface area contributed by atoms with E-state index in [2.05, 4.69) is 22.2 Å². The minimum absolute atomic E-state index is 0.0426. The summed E-state index contributed by atoms with van der Waals surface area (Å²) in [6, 6.07) is 18.2. The average molecular weight is 439 g/mol. The van der Waals surface area contributed by atoms with E-state index in [1.54, 1.807) is 25.1 Å². The first-order valence-electron chi connectivity index (χ1n) is 10.4. The Bertz CT molecular complexity index is 1150. The molecule has 6 nitrogen and oxygen atoms in total. The normalized spacial score (nSPS) is 15.3. The second kappa shape index (κ2) is 8.69. The van der Waals surface area contributed by atoms with Crippen LogP contribution in [0.1, 0.15) is 46.5 Å². The van der Waals surface area contributed by atoms with Crippen LogP contribution in [-0.2, 0) is 22.0 Å². The quantitative estimate of drug-likeness (QED) is 0.558. The minimum atomic E-state index is -3.78. The Morgan fingerprint density at radius 3 is 2.48 bits per heavy atom. The maximum Gasteiger partial charge on any atom is 0.251 e. The van der Waals surface area contributed by atoms with Crippen LogP contribution >= 0.6 is 0 Å². The van der Waals surface area contributed by atoms with Crippen molar-refractivity contribution >= 4 is 15.9 Å². The van der Waals surface area contributed by atoms with Gasteiger partial charge in [0.2, 0.25) is 10.0 Å². The van der Waals surface area contributed by atoms with Gasteiger partial charge in [0.15, 0.2) is 0 Å². The van der Waals surface area contributed by atoms with Crippen LogP contribution < -0.4 is 10.0 Å². The molecule has 0 bridgehead atoms. The summed E-state index contributed by atoms with van der Waals surface area (Å²) in [5, 5.41) is 3.04. The van der Waals surface area contributed by atoms with Crippen LogP contribution in [0.25, 0.3) is 0 Å². The predicted molar refractivity (Wildman–Crippen MR) is 118 cm³/mol. The van der Waals surface area contributed by atoms with Gasteiger partial charge in [0.05, 0.1) is 17.7 Å². The number of benzene rings is 2. The van der Waals surface area contributed by atoms with Crippen LogP contribution in [0, 0.1) is 6.92 Å². The smallest absolute Gasteiger partial charge is 0.251 e. The molecule has 0 aliphatic heterocycles. The van der Waals surface area contributed by atoms with Crippen LogP contribution in [0.4, 0.5) is 0 Å². The summed E-state index contributed by atoms with van der Waals surface area (Å²) in [5.74, 6) is 0.253. The van der Waals surface area contributed by atoms with Crippen molar-refractivity contribution in [2.75, 3.05) is 6.54 Å². The van der Waals surface area contributed by atoms with Gasteiger partial charge in [-0.2, -0.15) is 0 Å². The zero-order chi connectivity index (χ0) is 21.9. The number of rotatable bonds is 8. The van der Waals surface area contributed by atoms with Gasteiger partial charge in [-0.15, -0.1) is 0 Å². The van der Waals surface area contributed by atoms with E-state index in [9.17, 15) is 13.2 Å². The van der Waals surface area contributed by atoms with E-state index in [1.807, 2.05) is 18.2 Å². The number of aryl methyl sites for hydroxylation is 1. The van der Waals surface area contributed by atoms with E-state index in [0.29, 0.717) is 17.9 Å². The maximum atomic E-state index is 13.0. The summed E-state index contributed by atoms with van der Waals surface area (Å²) in [7, 11) is -3.78. The zero-order valence-electron chi connectivity index (χ0n) is 17.4. The van der Waals surface area contributed by atoms with Crippen molar-refractivity contribution in [3.05, 3.63) is 89.4 Å². The number of hydrogen-bond donors (Lipinski definition) is 2. The highest BCUT2D eigenvalue weighted by Crippen LogP contribution is 2.43. The summed E-state index contributed by atoms with van der Waals surface area (Å²) in [6.07, 6.45) is 4.68. The lowest BCUT2D eigenvalue weighted by molar-refractivity contribution is 0.0927. The van der Waals surface area contributed by atoms with E-state index in [-0.39, 0.29) is 22.8 Å². The first-order valence-corrected chi connectivity index (χ1v) is 11.8. The monoisotopic (exact) mass is 438 g/mol. The van der Waals surface area contributed by atoms with E-state index in [0.717, 1.165) is 24.8 Å². The fourth-order valence-corrected chi connectivity index (χ4v) is 5.00. The first kappa shape index (κ1) is 21.3. The molecule has 162 valence electrons. The average Bonchev–Trinajstić information content (AvgIpc) is 3.26. The first-order chi connectivity index (χ1) is 14.9. The van der Waals surface area contributed by atoms with Crippen molar-refractivity contribution in [3.8, 4) is 0 Å². The highest BCUT2D eigenvalue weighted by atomic mass is 32.2. The van der Waals surface area contributed by atoms with Gasteiger partial charge < -0.3 is 9.73 Å². The number of sulfonamides is 1. The molecule has 0 spiro atoms. The lowest BCUT2D eigenvalue weighted by atomic mass is 9.64. The van der Waals surface area contributed by atoms with Gasteiger partial charge in [0.1, 0.15) is 5.76 Å². The van der Waals surface area contributed by atoms with Gasteiger partial charge in [-0.3, -0.25) is 4.79 Å². The van der Waals surface area contributed by atoms with Gasteiger partial charge >= 0.3 is 0 Å². The molecule has 1 fully saturated rings. The fraction of sp³-hybridized carbons (Fsp3) is 0.292. The molecule has 0 saturated heterocycles. The van der Waals surface area contributed by atoms with E-state index < -0.39 is 10.0 Å². The molecule has 1 aromatic heterocycles. The number of amides is 1. The van der Waals surface area contributed by atoms with Crippen molar-refractivity contribution < 1.29 is 17.6 Å². The van der Waals surface area contributed by atoms with Crippen LogP contribution in [0.2, 0.25) is 0 Å². The predicted octanol–water partition coefficient (Wildman–Crippen LogP) is 3.92. The lowest BCUT2D eigenvalue weighted by Crippen LogP contribution is -2.45. The molecule has 1 heterocycles. The molecule has 1 amide bonds. The highest BCUT2D eigenvalue weighted by Gasteiger charge is 2.38. The second-order valence-electron chi connectivity index (χ2n) is 8.06. The van der Waals surface area contributed by atoms with Gasteiger partial charge in [0, 0.05) is 17.5 Å². The molecule has 31 heavy (non-hydrogen) atoms. The highest BCUT2D eigenvalue weighted by molar-refractivity contribution is 7.89. The molecular formula is C24H26N2O4S. The van der Waals surface area contributed by atoms with E-state index in [4.69, 9.17) is 4.42 Å². The number of carbonyl (C=O) groups is 1.